The summed E-state index contributed by atoms with van der Waals surface area (Å²) in [6.45, 7) is 0.978. The number of rotatable bonds is 4. The lowest BCUT2D eigenvalue weighted by molar-refractivity contribution is -0.127. The van der Waals surface area contributed by atoms with Gasteiger partial charge in [-0.15, -0.1) is 12.4 Å². The van der Waals surface area contributed by atoms with Crippen LogP contribution in [-0.2, 0) is 17.8 Å². The zero-order valence-electron chi connectivity index (χ0n) is 15.7. The molecule has 1 saturated carbocycles. The largest absolute Gasteiger partial charge is 0.459 e. The van der Waals surface area contributed by atoms with Crippen molar-refractivity contribution in [2.75, 3.05) is 6.54 Å². The molecule has 28 heavy (non-hydrogen) atoms. The molecule has 1 fully saturated rings. The van der Waals surface area contributed by atoms with E-state index < -0.39 is 6.04 Å². The maximum Gasteiger partial charge on any atom is 0.290 e. The lowest BCUT2D eigenvalue weighted by Crippen LogP contribution is -2.55. The fraction of sp³-hybridized carbons (Fsp3) is 0.429. The molecule has 6 nitrogen and oxygen atoms in total. The predicted octanol–water partition coefficient (Wildman–Crippen LogP) is 2.51. The van der Waals surface area contributed by atoms with E-state index in [0.717, 1.165) is 30.4 Å². The van der Waals surface area contributed by atoms with E-state index in [4.69, 9.17) is 10.2 Å². The number of hydrogen-bond acceptors (Lipinski definition) is 4. The van der Waals surface area contributed by atoms with Crippen LogP contribution in [0.4, 0.5) is 0 Å². The van der Waals surface area contributed by atoms with Gasteiger partial charge in [0.1, 0.15) is 6.04 Å². The van der Waals surface area contributed by atoms with Crippen LogP contribution in [0, 0.1) is 5.92 Å². The Balaban J connectivity index is 0.00000225. The van der Waals surface area contributed by atoms with Gasteiger partial charge in [0.25, 0.3) is 5.91 Å². The highest BCUT2D eigenvalue weighted by Gasteiger charge is 2.38. The molecule has 3 atom stereocenters. The number of nitrogens with two attached hydrogens (primary N) is 1. The monoisotopic (exact) mass is 403 g/mol. The van der Waals surface area contributed by atoms with Crippen molar-refractivity contribution in [3.63, 3.8) is 0 Å². The van der Waals surface area contributed by atoms with E-state index >= 15 is 0 Å². The molecule has 2 aliphatic rings. The SMILES string of the molecule is Cl.NCC1CCCC1NC(=O)C1Cc2ccccc2CN1C(=O)c1ccco1. The van der Waals surface area contributed by atoms with Crippen molar-refractivity contribution >= 4 is 24.2 Å². The standard InChI is InChI=1S/C21H25N3O3.ClH/c22-12-15-7-3-8-17(15)23-20(25)18-11-14-5-1-2-6-16(14)13-24(18)21(26)19-9-4-10-27-19;/h1-2,4-6,9-10,15,17-18H,3,7-8,11-13,22H2,(H,23,25);1H. The van der Waals surface area contributed by atoms with Crippen LogP contribution in [0.15, 0.2) is 47.1 Å². The topological polar surface area (TPSA) is 88.6 Å². The van der Waals surface area contributed by atoms with Gasteiger partial charge < -0.3 is 20.4 Å². The molecule has 7 heteroatoms. The molecule has 150 valence electrons. The maximum absolute atomic E-state index is 13.1. The fourth-order valence-corrected chi connectivity index (χ4v) is 4.30. The Labute approximate surface area is 170 Å². The molecular weight excluding hydrogens is 378 g/mol. The summed E-state index contributed by atoms with van der Waals surface area (Å²) in [4.78, 5) is 27.7. The Morgan fingerprint density at radius 2 is 1.93 bits per heavy atom. The Bertz CT molecular complexity index is 824. The van der Waals surface area contributed by atoms with Gasteiger partial charge in [0, 0.05) is 19.0 Å². The highest BCUT2D eigenvalue weighted by molar-refractivity contribution is 5.96. The maximum atomic E-state index is 13.1. The van der Waals surface area contributed by atoms with Crippen LogP contribution in [0.2, 0.25) is 0 Å². The first-order chi connectivity index (χ1) is 13.2. The van der Waals surface area contributed by atoms with Gasteiger partial charge in [-0.3, -0.25) is 9.59 Å². The summed E-state index contributed by atoms with van der Waals surface area (Å²) in [7, 11) is 0. The van der Waals surface area contributed by atoms with E-state index in [2.05, 4.69) is 5.32 Å². The summed E-state index contributed by atoms with van der Waals surface area (Å²) in [5, 5.41) is 3.17. The molecule has 1 aliphatic carbocycles. The Morgan fingerprint density at radius 1 is 1.14 bits per heavy atom. The normalized spacial score (nSPS) is 23.6. The zero-order valence-corrected chi connectivity index (χ0v) is 16.5. The summed E-state index contributed by atoms with van der Waals surface area (Å²) < 4.78 is 5.29. The van der Waals surface area contributed by atoms with Crippen molar-refractivity contribution in [3.05, 3.63) is 59.5 Å². The van der Waals surface area contributed by atoms with Gasteiger partial charge in [0.15, 0.2) is 5.76 Å². The van der Waals surface area contributed by atoms with Crippen molar-refractivity contribution in [2.24, 2.45) is 11.7 Å². The molecule has 1 aromatic heterocycles. The summed E-state index contributed by atoms with van der Waals surface area (Å²) in [5.74, 6) is 0.221. The number of halogens is 1. The molecule has 2 aromatic rings. The van der Waals surface area contributed by atoms with E-state index in [9.17, 15) is 9.59 Å². The molecule has 1 aromatic carbocycles. The predicted molar refractivity (Wildman–Crippen MR) is 108 cm³/mol. The Morgan fingerprint density at radius 3 is 2.64 bits per heavy atom. The fourth-order valence-electron chi connectivity index (χ4n) is 4.30. The first kappa shape index (κ1) is 20.4. The highest BCUT2D eigenvalue weighted by atomic mass is 35.5. The van der Waals surface area contributed by atoms with Gasteiger partial charge in [0.2, 0.25) is 5.91 Å². The van der Waals surface area contributed by atoms with Crippen molar-refractivity contribution in [3.8, 4) is 0 Å². The van der Waals surface area contributed by atoms with Crippen LogP contribution in [-0.4, -0.2) is 35.3 Å². The van der Waals surface area contributed by atoms with Crippen LogP contribution in [0.5, 0.6) is 0 Å². The van der Waals surface area contributed by atoms with Gasteiger partial charge in [-0.1, -0.05) is 30.7 Å². The number of nitrogens with one attached hydrogen (secondary N) is 1. The molecular formula is C21H26ClN3O3. The number of fused-ring (bicyclic) bond motifs is 1. The Kier molecular flexibility index (Phi) is 6.42. The number of hydrogen-bond donors (Lipinski definition) is 2. The first-order valence-corrected chi connectivity index (χ1v) is 9.59. The number of furan rings is 1. The molecule has 0 bridgehead atoms. The van der Waals surface area contributed by atoms with Gasteiger partial charge >= 0.3 is 0 Å². The van der Waals surface area contributed by atoms with E-state index in [1.807, 2.05) is 24.3 Å². The molecule has 2 heterocycles. The average Bonchev–Trinajstić information content (AvgIpc) is 3.38. The third-order valence-corrected chi connectivity index (χ3v) is 5.83. The second-order valence-corrected chi connectivity index (χ2v) is 7.44. The van der Waals surface area contributed by atoms with Crippen LogP contribution in [0.1, 0.15) is 40.9 Å². The molecule has 3 unspecified atom stereocenters. The van der Waals surface area contributed by atoms with Crippen molar-refractivity contribution in [1.29, 1.82) is 0 Å². The first-order valence-electron chi connectivity index (χ1n) is 9.59. The van der Waals surface area contributed by atoms with Crippen LogP contribution >= 0.6 is 12.4 Å². The quantitative estimate of drug-likeness (QED) is 0.820. The molecule has 0 radical (unpaired) electrons. The summed E-state index contributed by atoms with van der Waals surface area (Å²) >= 11 is 0. The number of carbonyl (C=O) groups is 2. The van der Waals surface area contributed by atoms with Crippen molar-refractivity contribution < 1.29 is 14.0 Å². The molecule has 0 saturated heterocycles. The van der Waals surface area contributed by atoms with Crippen molar-refractivity contribution in [1.82, 2.24) is 10.2 Å². The molecule has 3 N–H and O–H groups in total. The number of carbonyl (C=O) groups excluding carboxylic acids is 2. The summed E-state index contributed by atoms with van der Waals surface area (Å²) in [6, 6.07) is 10.8. The van der Waals surface area contributed by atoms with E-state index in [0.29, 0.717) is 25.4 Å². The second kappa shape index (κ2) is 8.80. The van der Waals surface area contributed by atoms with Crippen LogP contribution in [0.3, 0.4) is 0 Å². The summed E-state index contributed by atoms with van der Waals surface area (Å²) in [6.07, 6.45) is 5.06. The molecule has 1 aliphatic heterocycles. The van der Waals surface area contributed by atoms with Gasteiger partial charge in [-0.2, -0.15) is 0 Å². The van der Waals surface area contributed by atoms with Gasteiger partial charge in [0.05, 0.1) is 6.26 Å². The summed E-state index contributed by atoms with van der Waals surface area (Å²) in [5.41, 5.74) is 8.04. The van der Waals surface area contributed by atoms with Gasteiger partial charge in [-0.25, -0.2) is 0 Å². The Hall–Kier alpha value is -2.31. The second-order valence-electron chi connectivity index (χ2n) is 7.44. The molecule has 2 amide bonds. The van der Waals surface area contributed by atoms with E-state index in [1.165, 1.54) is 6.26 Å². The number of amides is 2. The minimum absolute atomic E-state index is 0. The average molecular weight is 404 g/mol. The molecule has 4 rings (SSSR count). The zero-order chi connectivity index (χ0) is 18.8. The lowest BCUT2D eigenvalue weighted by atomic mass is 9.92. The minimum Gasteiger partial charge on any atom is -0.459 e. The minimum atomic E-state index is -0.545. The van der Waals surface area contributed by atoms with Crippen LogP contribution < -0.4 is 11.1 Å². The van der Waals surface area contributed by atoms with E-state index in [-0.39, 0.29) is 36.0 Å². The lowest BCUT2D eigenvalue weighted by Gasteiger charge is -2.36. The van der Waals surface area contributed by atoms with Crippen LogP contribution in [0.25, 0.3) is 0 Å². The third kappa shape index (κ3) is 3.93. The van der Waals surface area contributed by atoms with Crippen molar-refractivity contribution in [2.45, 2.75) is 44.3 Å². The smallest absolute Gasteiger partial charge is 0.290 e. The number of benzene rings is 1. The third-order valence-electron chi connectivity index (χ3n) is 5.83. The highest BCUT2D eigenvalue weighted by Crippen LogP contribution is 2.28. The van der Waals surface area contributed by atoms with E-state index in [1.54, 1.807) is 17.0 Å². The van der Waals surface area contributed by atoms with Gasteiger partial charge in [-0.05, 0) is 48.6 Å². The number of nitrogens with zero attached hydrogens (tertiary/aromatic N) is 1. The molecule has 0 spiro atoms.